The number of carbonyl (C=O) groups excluding carboxylic acids is 2. The molecule has 0 heterocycles. The number of carbonyl (C=O) groups is 2. The Morgan fingerprint density at radius 3 is 2.09 bits per heavy atom. The van der Waals surface area contributed by atoms with E-state index in [4.69, 9.17) is 4.74 Å². The topological polar surface area (TPSA) is 52.6 Å². The molecule has 22 heavy (non-hydrogen) atoms. The number of hydrogen-bond acceptors (Lipinski definition) is 4. The van der Waals surface area contributed by atoms with Crippen molar-refractivity contribution in [2.24, 2.45) is 0 Å². The van der Waals surface area contributed by atoms with Crippen LogP contribution in [0.2, 0.25) is 0 Å². The van der Waals surface area contributed by atoms with Gasteiger partial charge in [0.1, 0.15) is 6.61 Å². The Kier molecular flexibility index (Phi) is 6.09. The maximum absolute atomic E-state index is 12.7. The van der Waals surface area contributed by atoms with Crippen LogP contribution in [0.1, 0.15) is 20.7 Å². The third-order valence-corrected chi connectivity index (χ3v) is 2.41. The van der Waals surface area contributed by atoms with Crippen molar-refractivity contribution < 1.29 is 36.6 Å². The Morgan fingerprint density at radius 2 is 1.64 bits per heavy atom. The standard InChI is InChI=1S/C14H12F4O4/c1-2-7-21-11(19)9-5-3-4-6-10(9)12(20)22-8-14(17,18)13(15)16/h2-6,13H,1,7-8H2. The maximum atomic E-state index is 12.7. The summed E-state index contributed by atoms with van der Waals surface area (Å²) in [6.45, 7) is 1.42. The van der Waals surface area contributed by atoms with Crippen molar-refractivity contribution in [1.82, 2.24) is 0 Å². The van der Waals surface area contributed by atoms with Crippen molar-refractivity contribution in [3.05, 3.63) is 48.0 Å². The van der Waals surface area contributed by atoms with E-state index in [1.165, 1.54) is 24.3 Å². The molecule has 0 amide bonds. The molecule has 0 aliphatic heterocycles. The monoisotopic (exact) mass is 320 g/mol. The minimum absolute atomic E-state index is 0.119. The molecule has 0 spiro atoms. The fraction of sp³-hybridized carbons (Fsp3) is 0.286. The minimum Gasteiger partial charge on any atom is -0.458 e. The van der Waals surface area contributed by atoms with E-state index >= 15 is 0 Å². The number of rotatable bonds is 7. The second-order valence-corrected chi connectivity index (χ2v) is 4.07. The van der Waals surface area contributed by atoms with Gasteiger partial charge in [-0.3, -0.25) is 0 Å². The van der Waals surface area contributed by atoms with Gasteiger partial charge in [0.2, 0.25) is 0 Å². The first kappa shape index (κ1) is 17.7. The summed E-state index contributed by atoms with van der Waals surface area (Å²) in [7, 11) is 0. The summed E-state index contributed by atoms with van der Waals surface area (Å²) >= 11 is 0. The zero-order valence-electron chi connectivity index (χ0n) is 11.2. The highest BCUT2D eigenvalue weighted by atomic mass is 19.3. The number of benzene rings is 1. The lowest BCUT2D eigenvalue weighted by Gasteiger charge is -2.15. The van der Waals surface area contributed by atoms with Gasteiger partial charge in [-0.05, 0) is 12.1 Å². The van der Waals surface area contributed by atoms with Gasteiger partial charge in [0, 0.05) is 0 Å². The summed E-state index contributed by atoms with van der Waals surface area (Å²) in [5, 5.41) is 0. The highest BCUT2D eigenvalue weighted by Gasteiger charge is 2.42. The summed E-state index contributed by atoms with van der Waals surface area (Å²) in [4.78, 5) is 23.4. The van der Waals surface area contributed by atoms with Gasteiger partial charge in [0.05, 0.1) is 11.1 Å². The molecule has 1 aromatic rings. The molecule has 0 aromatic heterocycles. The highest BCUT2D eigenvalue weighted by molar-refractivity contribution is 6.03. The van der Waals surface area contributed by atoms with Crippen LogP contribution in [0.15, 0.2) is 36.9 Å². The molecule has 0 bridgehead atoms. The van der Waals surface area contributed by atoms with Crippen molar-refractivity contribution in [2.75, 3.05) is 13.2 Å². The van der Waals surface area contributed by atoms with Crippen LogP contribution in [0.4, 0.5) is 17.6 Å². The van der Waals surface area contributed by atoms with Gasteiger partial charge >= 0.3 is 24.3 Å². The lowest BCUT2D eigenvalue weighted by atomic mass is 10.1. The fourth-order valence-electron chi connectivity index (χ4n) is 1.35. The number of hydrogen-bond donors (Lipinski definition) is 0. The first-order valence-electron chi connectivity index (χ1n) is 5.99. The van der Waals surface area contributed by atoms with Crippen LogP contribution in [0.3, 0.4) is 0 Å². The van der Waals surface area contributed by atoms with Crippen LogP contribution in [0.25, 0.3) is 0 Å². The molecule has 4 nitrogen and oxygen atoms in total. The van der Waals surface area contributed by atoms with Crippen LogP contribution in [0, 0.1) is 0 Å². The van der Waals surface area contributed by atoms with Gasteiger partial charge in [0.25, 0.3) is 0 Å². The third kappa shape index (κ3) is 4.57. The van der Waals surface area contributed by atoms with E-state index in [2.05, 4.69) is 11.3 Å². The summed E-state index contributed by atoms with van der Waals surface area (Å²) in [6, 6.07) is 5.11. The van der Waals surface area contributed by atoms with E-state index in [0.29, 0.717) is 0 Å². The Hall–Kier alpha value is -2.38. The van der Waals surface area contributed by atoms with Crippen molar-refractivity contribution in [3.8, 4) is 0 Å². The molecule has 0 aliphatic carbocycles. The maximum Gasteiger partial charge on any atom is 0.340 e. The number of esters is 2. The molecule has 8 heteroatoms. The number of halogens is 4. The fourth-order valence-corrected chi connectivity index (χ4v) is 1.35. The minimum atomic E-state index is -4.46. The summed E-state index contributed by atoms with van der Waals surface area (Å²) in [5.74, 6) is -6.69. The Balaban J connectivity index is 2.86. The predicted octanol–water partition coefficient (Wildman–Crippen LogP) is 3.09. The largest absolute Gasteiger partial charge is 0.458 e. The van der Waals surface area contributed by atoms with Crippen LogP contribution in [-0.2, 0) is 9.47 Å². The summed E-state index contributed by atoms with van der Waals surface area (Å²) in [6.07, 6.45) is -2.67. The molecule has 0 fully saturated rings. The van der Waals surface area contributed by atoms with Crippen molar-refractivity contribution >= 4 is 11.9 Å². The van der Waals surface area contributed by atoms with E-state index < -0.39 is 30.9 Å². The van der Waals surface area contributed by atoms with Gasteiger partial charge in [-0.15, -0.1) is 0 Å². The zero-order chi connectivity index (χ0) is 16.8. The molecule has 0 saturated heterocycles. The van der Waals surface area contributed by atoms with E-state index in [1.807, 2.05) is 0 Å². The molecular weight excluding hydrogens is 308 g/mol. The van der Waals surface area contributed by atoms with Crippen molar-refractivity contribution in [1.29, 1.82) is 0 Å². The zero-order valence-corrected chi connectivity index (χ0v) is 11.2. The van der Waals surface area contributed by atoms with Gasteiger partial charge in [-0.2, -0.15) is 8.78 Å². The molecule has 0 atom stereocenters. The molecule has 0 aliphatic rings. The number of alkyl halides is 4. The first-order chi connectivity index (χ1) is 10.3. The predicted molar refractivity (Wildman–Crippen MR) is 68.2 cm³/mol. The Labute approximate surface area is 123 Å². The second kappa shape index (κ2) is 7.58. The van der Waals surface area contributed by atoms with Crippen LogP contribution in [-0.4, -0.2) is 37.5 Å². The van der Waals surface area contributed by atoms with Crippen LogP contribution in [0.5, 0.6) is 0 Å². The van der Waals surface area contributed by atoms with Crippen molar-refractivity contribution in [2.45, 2.75) is 12.3 Å². The number of ether oxygens (including phenoxy) is 2. The molecular formula is C14H12F4O4. The van der Waals surface area contributed by atoms with Gasteiger partial charge in [0.15, 0.2) is 6.61 Å². The lowest BCUT2D eigenvalue weighted by Crippen LogP contribution is -2.33. The van der Waals surface area contributed by atoms with Crippen LogP contribution >= 0.6 is 0 Å². The highest BCUT2D eigenvalue weighted by Crippen LogP contribution is 2.23. The van der Waals surface area contributed by atoms with Crippen LogP contribution < -0.4 is 0 Å². The van der Waals surface area contributed by atoms with E-state index in [9.17, 15) is 27.2 Å². The third-order valence-electron chi connectivity index (χ3n) is 2.41. The second-order valence-electron chi connectivity index (χ2n) is 4.07. The van der Waals surface area contributed by atoms with E-state index in [1.54, 1.807) is 0 Å². The quantitative estimate of drug-likeness (QED) is 0.440. The van der Waals surface area contributed by atoms with Gasteiger partial charge in [-0.25, -0.2) is 18.4 Å². The first-order valence-corrected chi connectivity index (χ1v) is 5.99. The lowest BCUT2D eigenvalue weighted by molar-refractivity contribution is -0.155. The molecule has 120 valence electrons. The summed E-state index contributed by atoms with van der Waals surface area (Å²) < 4.78 is 58.3. The normalized spacial score (nSPS) is 11.1. The van der Waals surface area contributed by atoms with Gasteiger partial charge in [-0.1, -0.05) is 24.8 Å². The average Bonchev–Trinajstić information content (AvgIpc) is 2.50. The van der Waals surface area contributed by atoms with Crippen molar-refractivity contribution in [3.63, 3.8) is 0 Å². The Morgan fingerprint density at radius 1 is 1.14 bits per heavy atom. The molecule has 1 rings (SSSR count). The van der Waals surface area contributed by atoms with Gasteiger partial charge < -0.3 is 9.47 Å². The molecule has 0 unspecified atom stereocenters. The smallest absolute Gasteiger partial charge is 0.340 e. The molecule has 0 saturated carbocycles. The SMILES string of the molecule is C=CCOC(=O)c1ccccc1C(=O)OCC(F)(F)C(F)F. The summed E-state index contributed by atoms with van der Waals surface area (Å²) in [5.41, 5.74) is -0.587. The molecule has 0 radical (unpaired) electrons. The average molecular weight is 320 g/mol. The Bertz CT molecular complexity index is 558. The molecule has 1 aromatic carbocycles. The van der Waals surface area contributed by atoms with E-state index in [-0.39, 0.29) is 17.7 Å². The van der Waals surface area contributed by atoms with E-state index in [0.717, 1.165) is 6.07 Å². The molecule has 0 N–H and O–H groups in total.